The number of hydrogen-bond donors (Lipinski definition) is 3. The molecule has 2 aliphatic heterocycles. The Morgan fingerprint density at radius 3 is 2.83 bits per heavy atom. The Balaban J connectivity index is 1.48. The molecule has 9 heteroatoms. The first-order valence-electron chi connectivity index (χ1n) is 9.47. The number of amides is 3. The quantitative estimate of drug-likeness (QED) is 0.646. The van der Waals surface area contributed by atoms with E-state index in [1.165, 1.54) is 23.1 Å². The number of benzene rings is 2. The van der Waals surface area contributed by atoms with E-state index in [0.29, 0.717) is 29.2 Å². The lowest BCUT2D eigenvalue weighted by molar-refractivity contribution is -0.149. The summed E-state index contributed by atoms with van der Waals surface area (Å²) in [6, 6.07) is 9.08. The van der Waals surface area contributed by atoms with Crippen LogP contribution >= 0.6 is 11.6 Å². The van der Waals surface area contributed by atoms with Gasteiger partial charge in [0, 0.05) is 47.9 Å². The Labute approximate surface area is 176 Å². The third kappa shape index (κ3) is 3.64. The van der Waals surface area contributed by atoms with Gasteiger partial charge in [0.15, 0.2) is 0 Å². The van der Waals surface area contributed by atoms with E-state index in [-0.39, 0.29) is 31.0 Å². The molecule has 1 atom stereocenters. The number of hydrogen-bond acceptors (Lipinski definition) is 4. The second-order valence-electron chi connectivity index (χ2n) is 7.38. The zero-order valence-corrected chi connectivity index (χ0v) is 16.6. The molecule has 2 aliphatic rings. The number of rotatable bonds is 4. The lowest BCUT2D eigenvalue weighted by atomic mass is 10.0. The molecule has 4 rings (SSSR count). The van der Waals surface area contributed by atoms with Gasteiger partial charge in [-0.1, -0.05) is 11.6 Å². The van der Waals surface area contributed by atoms with Crippen molar-refractivity contribution in [3.63, 3.8) is 0 Å². The van der Waals surface area contributed by atoms with E-state index in [2.05, 4.69) is 10.6 Å². The molecule has 0 saturated carbocycles. The van der Waals surface area contributed by atoms with Gasteiger partial charge in [0.1, 0.15) is 5.82 Å². The SMILES string of the molecule is O=C1CCc2cc(N3CCC(O)(C(=O)NCc4cc(Cl)ccc4F)C3=O)ccc2N1. The lowest BCUT2D eigenvalue weighted by Gasteiger charge is -2.24. The van der Waals surface area contributed by atoms with Gasteiger partial charge in [0.25, 0.3) is 11.8 Å². The molecule has 1 unspecified atom stereocenters. The molecule has 0 aliphatic carbocycles. The second kappa shape index (κ2) is 7.70. The molecule has 0 bridgehead atoms. The maximum Gasteiger partial charge on any atom is 0.268 e. The average molecular weight is 432 g/mol. The summed E-state index contributed by atoms with van der Waals surface area (Å²) >= 11 is 5.84. The summed E-state index contributed by atoms with van der Waals surface area (Å²) in [4.78, 5) is 38.3. The van der Waals surface area contributed by atoms with E-state index in [0.717, 1.165) is 5.56 Å². The van der Waals surface area contributed by atoms with Gasteiger partial charge in [-0.3, -0.25) is 14.4 Å². The van der Waals surface area contributed by atoms with E-state index in [4.69, 9.17) is 11.6 Å². The molecule has 2 heterocycles. The van der Waals surface area contributed by atoms with Crippen LogP contribution in [0.2, 0.25) is 5.02 Å². The van der Waals surface area contributed by atoms with Crippen molar-refractivity contribution < 1.29 is 23.9 Å². The predicted octanol–water partition coefficient (Wildman–Crippen LogP) is 2.15. The molecule has 30 heavy (non-hydrogen) atoms. The standard InChI is InChI=1S/C21H19ClFN3O4/c22-14-2-4-16(23)13(9-14)11-24-19(28)21(30)7-8-26(20(21)29)15-3-5-17-12(10-15)1-6-18(27)25-17/h2-5,9-10,30H,1,6-8,11H2,(H,24,28)(H,25,27). The maximum atomic E-state index is 13.8. The number of carbonyl (C=O) groups is 3. The summed E-state index contributed by atoms with van der Waals surface area (Å²) < 4.78 is 13.8. The molecule has 2 aromatic carbocycles. The summed E-state index contributed by atoms with van der Waals surface area (Å²) in [5.41, 5.74) is 0.0338. The second-order valence-corrected chi connectivity index (χ2v) is 7.81. The van der Waals surface area contributed by atoms with Gasteiger partial charge in [0.05, 0.1) is 0 Å². The van der Waals surface area contributed by atoms with Crippen LogP contribution in [-0.4, -0.2) is 35.0 Å². The highest BCUT2D eigenvalue weighted by Crippen LogP contribution is 2.33. The minimum Gasteiger partial charge on any atom is -0.372 e. The number of fused-ring (bicyclic) bond motifs is 1. The molecule has 1 saturated heterocycles. The third-order valence-electron chi connectivity index (χ3n) is 5.41. The Bertz CT molecular complexity index is 1060. The Kier molecular flexibility index (Phi) is 5.21. The summed E-state index contributed by atoms with van der Waals surface area (Å²) in [7, 11) is 0. The Morgan fingerprint density at radius 2 is 2.03 bits per heavy atom. The number of nitrogens with zero attached hydrogens (tertiary/aromatic N) is 1. The fourth-order valence-corrected chi connectivity index (χ4v) is 3.90. The number of aryl methyl sites for hydroxylation is 1. The van der Waals surface area contributed by atoms with E-state index in [1.54, 1.807) is 18.2 Å². The topological polar surface area (TPSA) is 98.7 Å². The van der Waals surface area contributed by atoms with Crippen LogP contribution in [0.3, 0.4) is 0 Å². The minimum atomic E-state index is -2.24. The van der Waals surface area contributed by atoms with Crippen molar-refractivity contribution in [3.05, 3.63) is 58.4 Å². The molecule has 2 aromatic rings. The van der Waals surface area contributed by atoms with E-state index in [1.807, 2.05) is 0 Å². The van der Waals surface area contributed by atoms with Gasteiger partial charge in [0.2, 0.25) is 11.5 Å². The fraction of sp³-hybridized carbons (Fsp3) is 0.286. The summed E-state index contributed by atoms with van der Waals surface area (Å²) in [6.07, 6.45) is 0.813. The smallest absolute Gasteiger partial charge is 0.268 e. The molecular weight excluding hydrogens is 413 g/mol. The zero-order chi connectivity index (χ0) is 21.5. The molecule has 1 fully saturated rings. The fourth-order valence-electron chi connectivity index (χ4n) is 3.70. The van der Waals surface area contributed by atoms with E-state index in [9.17, 15) is 23.9 Å². The average Bonchev–Trinajstić information content (AvgIpc) is 3.04. The largest absolute Gasteiger partial charge is 0.372 e. The molecule has 0 radical (unpaired) electrons. The monoisotopic (exact) mass is 431 g/mol. The number of anilines is 2. The molecule has 0 spiro atoms. The van der Waals surface area contributed by atoms with Crippen molar-refractivity contribution in [2.45, 2.75) is 31.4 Å². The molecular formula is C21H19ClFN3O4. The minimum absolute atomic E-state index is 0.0605. The molecule has 0 aromatic heterocycles. The molecule has 156 valence electrons. The first kappa shape index (κ1) is 20.3. The highest BCUT2D eigenvalue weighted by atomic mass is 35.5. The summed E-state index contributed by atoms with van der Waals surface area (Å²) in [6.45, 7) is -0.0568. The van der Waals surface area contributed by atoms with Crippen molar-refractivity contribution in [1.82, 2.24) is 5.32 Å². The van der Waals surface area contributed by atoms with Crippen LogP contribution in [0.4, 0.5) is 15.8 Å². The predicted molar refractivity (Wildman–Crippen MR) is 109 cm³/mol. The van der Waals surface area contributed by atoms with Gasteiger partial charge in [-0.2, -0.15) is 0 Å². The van der Waals surface area contributed by atoms with Gasteiger partial charge in [-0.05, 0) is 48.4 Å². The van der Waals surface area contributed by atoms with Gasteiger partial charge >= 0.3 is 0 Å². The number of aliphatic hydroxyl groups is 1. The molecule has 7 nitrogen and oxygen atoms in total. The van der Waals surface area contributed by atoms with Crippen molar-refractivity contribution in [2.75, 3.05) is 16.8 Å². The van der Waals surface area contributed by atoms with Gasteiger partial charge < -0.3 is 20.6 Å². The summed E-state index contributed by atoms with van der Waals surface area (Å²) in [5.74, 6) is -2.24. The Morgan fingerprint density at radius 1 is 1.23 bits per heavy atom. The van der Waals surface area contributed by atoms with Crippen LogP contribution in [-0.2, 0) is 27.3 Å². The Hall–Kier alpha value is -2.97. The normalized spacial score (nSPS) is 20.7. The third-order valence-corrected chi connectivity index (χ3v) is 5.65. The van der Waals surface area contributed by atoms with Crippen LogP contribution < -0.4 is 15.5 Å². The number of nitrogens with one attached hydrogen (secondary N) is 2. The zero-order valence-electron chi connectivity index (χ0n) is 15.9. The van der Waals surface area contributed by atoms with Crippen LogP contribution in [0.25, 0.3) is 0 Å². The molecule has 3 amide bonds. The van der Waals surface area contributed by atoms with Crippen LogP contribution in [0.1, 0.15) is 24.0 Å². The van der Waals surface area contributed by atoms with Crippen molar-refractivity contribution in [3.8, 4) is 0 Å². The van der Waals surface area contributed by atoms with E-state index >= 15 is 0 Å². The van der Waals surface area contributed by atoms with E-state index < -0.39 is 23.2 Å². The highest BCUT2D eigenvalue weighted by Gasteiger charge is 2.51. The van der Waals surface area contributed by atoms with Crippen molar-refractivity contribution in [1.29, 1.82) is 0 Å². The summed E-state index contributed by atoms with van der Waals surface area (Å²) in [5, 5.41) is 16.3. The van der Waals surface area contributed by atoms with Crippen molar-refractivity contribution in [2.24, 2.45) is 0 Å². The van der Waals surface area contributed by atoms with Crippen LogP contribution in [0, 0.1) is 5.82 Å². The maximum absolute atomic E-state index is 13.8. The first-order chi connectivity index (χ1) is 14.3. The molecule has 3 N–H and O–H groups in total. The number of carbonyl (C=O) groups excluding carboxylic acids is 3. The van der Waals surface area contributed by atoms with Gasteiger partial charge in [-0.15, -0.1) is 0 Å². The lowest BCUT2D eigenvalue weighted by Crippen LogP contribution is -2.52. The van der Waals surface area contributed by atoms with Crippen LogP contribution in [0.15, 0.2) is 36.4 Å². The highest BCUT2D eigenvalue weighted by molar-refractivity contribution is 6.30. The number of halogens is 2. The van der Waals surface area contributed by atoms with Gasteiger partial charge in [-0.25, -0.2) is 4.39 Å². The first-order valence-corrected chi connectivity index (χ1v) is 9.85. The van der Waals surface area contributed by atoms with Crippen LogP contribution in [0.5, 0.6) is 0 Å². The van der Waals surface area contributed by atoms with Crippen molar-refractivity contribution >= 4 is 40.7 Å².